The summed E-state index contributed by atoms with van der Waals surface area (Å²) in [4.78, 5) is 9.30. The molecule has 0 aliphatic heterocycles. The molecule has 2 aromatic heterocycles. The molecule has 0 radical (unpaired) electrons. The zero-order chi connectivity index (χ0) is 18.5. The Morgan fingerprint density at radius 3 is 2.48 bits per heavy atom. The highest BCUT2D eigenvalue weighted by Crippen LogP contribution is 2.28. The minimum Gasteiger partial charge on any atom is -0.497 e. The van der Waals surface area contributed by atoms with E-state index < -0.39 is 0 Å². The maximum absolute atomic E-state index is 5.59. The van der Waals surface area contributed by atoms with Crippen molar-refractivity contribution in [2.75, 3.05) is 7.11 Å². The van der Waals surface area contributed by atoms with Gasteiger partial charge in [-0.15, -0.1) is 23.1 Å². The number of nitrogens with zero attached hydrogens (tertiary/aromatic N) is 2. The van der Waals surface area contributed by atoms with Crippen molar-refractivity contribution in [3.63, 3.8) is 0 Å². The summed E-state index contributed by atoms with van der Waals surface area (Å²) in [5.74, 6) is 3.17. The number of ether oxygens (including phenoxy) is 1. The predicted molar refractivity (Wildman–Crippen MR) is 111 cm³/mol. The Hall–Kier alpha value is -2.57. The van der Waals surface area contributed by atoms with E-state index in [2.05, 4.69) is 10.4 Å². The van der Waals surface area contributed by atoms with Crippen molar-refractivity contribution in [2.24, 2.45) is 0 Å². The molecule has 4 nitrogen and oxygen atoms in total. The van der Waals surface area contributed by atoms with E-state index in [0.29, 0.717) is 5.89 Å². The molecule has 2 heterocycles. The maximum atomic E-state index is 5.59. The van der Waals surface area contributed by atoms with Gasteiger partial charge in [0, 0.05) is 28.0 Å². The molecule has 0 saturated heterocycles. The highest BCUT2D eigenvalue weighted by molar-refractivity contribution is 7.97. The van der Waals surface area contributed by atoms with E-state index in [0.717, 1.165) is 44.8 Å². The predicted octanol–water partition coefficient (Wildman–Crippen LogP) is 5.91. The lowest BCUT2D eigenvalue weighted by Gasteiger charge is -2.00. The Morgan fingerprint density at radius 1 is 0.926 bits per heavy atom. The van der Waals surface area contributed by atoms with Crippen LogP contribution in [-0.2, 0) is 11.5 Å². The Bertz CT molecular complexity index is 994. The van der Waals surface area contributed by atoms with Crippen LogP contribution in [0.15, 0.2) is 70.7 Å². The summed E-state index contributed by atoms with van der Waals surface area (Å²) in [7, 11) is 1.67. The van der Waals surface area contributed by atoms with Gasteiger partial charge in [0.25, 0.3) is 0 Å². The number of rotatable bonds is 7. The first-order chi connectivity index (χ1) is 13.3. The van der Waals surface area contributed by atoms with Crippen LogP contribution in [0, 0.1) is 0 Å². The fourth-order valence-electron chi connectivity index (χ4n) is 2.59. The maximum Gasteiger partial charge on any atom is 0.226 e. The van der Waals surface area contributed by atoms with Crippen LogP contribution >= 0.6 is 23.1 Å². The highest BCUT2D eigenvalue weighted by Gasteiger charge is 2.08. The Balaban J connectivity index is 1.33. The summed E-state index contributed by atoms with van der Waals surface area (Å²) in [5, 5.41) is 3.14. The van der Waals surface area contributed by atoms with E-state index in [1.54, 1.807) is 36.5 Å². The van der Waals surface area contributed by atoms with Crippen molar-refractivity contribution in [3.05, 3.63) is 77.6 Å². The number of hydrogen-bond donors (Lipinski definition) is 0. The zero-order valence-electron chi connectivity index (χ0n) is 14.8. The fourth-order valence-corrected chi connectivity index (χ4v) is 4.32. The molecule has 4 rings (SSSR count). The van der Waals surface area contributed by atoms with Gasteiger partial charge in [-0.3, -0.25) is 0 Å². The lowest BCUT2D eigenvalue weighted by Crippen LogP contribution is -1.86. The van der Waals surface area contributed by atoms with Crippen LogP contribution in [0.5, 0.6) is 5.75 Å². The molecule has 0 N–H and O–H groups in total. The third-order valence-electron chi connectivity index (χ3n) is 3.96. The summed E-state index contributed by atoms with van der Waals surface area (Å²) in [6.45, 7) is 0. The van der Waals surface area contributed by atoms with E-state index >= 15 is 0 Å². The number of thiazole rings is 1. The minimum atomic E-state index is 0.668. The third kappa shape index (κ3) is 4.40. The number of methoxy groups -OCH3 is 1. The largest absolute Gasteiger partial charge is 0.497 e. The van der Waals surface area contributed by atoms with Crippen LogP contribution in [-0.4, -0.2) is 17.1 Å². The molecule has 0 aliphatic carbocycles. The van der Waals surface area contributed by atoms with Crippen molar-refractivity contribution < 1.29 is 9.15 Å². The van der Waals surface area contributed by atoms with E-state index in [1.807, 2.05) is 54.6 Å². The second-order valence-corrected chi connectivity index (χ2v) is 7.72. The SMILES string of the molecule is COc1ccc(-c2nc(CSCc3coc(-c4ccccc4)n3)cs2)cc1. The van der Waals surface area contributed by atoms with Crippen LogP contribution in [0.3, 0.4) is 0 Å². The van der Waals surface area contributed by atoms with Gasteiger partial charge in [0.15, 0.2) is 0 Å². The number of oxazole rings is 1. The van der Waals surface area contributed by atoms with Crippen LogP contribution in [0.25, 0.3) is 22.0 Å². The number of hydrogen-bond acceptors (Lipinski definition) is 6. The van der Waals surface area contributed by atoms with Gasteiger partial charge in [0.1, 0.15) is 17.0 Å². The van der Waals surface area contributed by atoms with Crippen molar-refractivity contribution in [1.82, 2.24) is 9.97 Å². The molecule has 0 spiro atoms. The van der Waals surface area contributed by atoms with Crippen molar-refractivity contribution in [1.29, 1.82) is 0 Å². The number of thioether (sulfide) groups is 1. The lowest BCUT2D eigenvalue weighted by molar-refractivity contribution is 0.415. The van der Waals surface area contributed by atoms with Crippen LogP contribution < -0.4 is 4.74 Å². The second kappa shape index (κ2) is 8.41. The summed E-state index contributed by atoms with van der Waals surface area (Å²) in [6.07, 6.45) is 1.74. The smallest absolute Gasteiger partial charge is 0.226 e. The summed E-state index contributed by atoms with van der Waals surface area (Å²) >= 11 is 3.45. The molecule has 0 amide bonds. The Labute approximate surface area is 166 Å². The van der Waals surface area contributed by atoms with E-state index in [4.69, 9.17) is 14.1 Å². The van der Waals surface area contributed by atoms with Crippen LogP contribution in [0.1, 0.15) is 11.4 Å². The minimum absolute atomic E-state index is 0.668. The molecule has 136 valence electrons. The first-order valence-corrected chi connectivity index (χ1v) is 10.5. The fraction of sp³-hybridized carbons (Fsp3) is 0.143. The molecule has 0 fully saturated rings. The molecule has 0 unspecified atom stereocenters. The van der Waals surface area contributed by atoms with Gasteiger partial charge in [0.05, 0.1) is 18.5 Å². The van der Waals surface area contributed by atoms with Gasteiger partial charge in [-0.05, 0) is 36.4 Å². The molecular weight excluding hydrogens is 376 g/mol. The average Bonchev–Trinajstić information content (AvgIpc) is 3.39. The van der Waals surface area contributed by atoms with E-state index in [-0.39, 0.29) is 0 Å². The normalized spacial score (nSPS) is 10.9. The Kier molecular flexibility index (Phi) is 5.55. The zero-order valence-corrected chi connectivity index (χ0v) is 16.4. The van der Waals surface area contributed by atoms with Gasteiger partial charge in [0.2, 0.25) is 5.89 Å². The van der Waals surface area contributed by atoms with Gasteiger partial charge in [-0.2, -0.15) is 0 Å². The van der Waals surface area contributed by atoms with Crippen LogP contribution in [0.2, 0.25) is 0 Å². The highest BCUT2D eigenvalue weighted by atomic mass is 32.2. The quantitative estimate of drug-likeness (QED) is 0.390. The Morgan fingerprint density at radius 2 is 1.70 bits per heavy atom. The van der Waals surface area contributed by atoms with Crippen molar-refractivity contribution >= 4 is 23.1 Å². The lowest BCUT2D eigenvalue weighted by atomic mass is 10.2. The van der Waals surface area contributed by atoms with E-state index in [9.17, 15) is 0 Å². The molecule has 0 aliphatic rings. The summed E-state index contributed by atoms with van der Waals surface area (Å²) in [5.41, 5.74) is 4.14. The van der Waals surface area contributed by atoms with Gasteiger partial charge < -0.3 is 9.15 Å². The molecule has 4 aromatic rings. The molecular formula is C21H18N2O2S2. The average molecular weight is 395 g/mol. The van der Waals surface area contributed by atoms with Crippen molar-refractivity contribution in [3.8, 4) is 27.8 Å². The first kappa shape index (κ1) is 17.8. The van der Waals surface area contributed by atoms with Gasteiger partial charge >= 0.3 is 0 Å². The van der Waals surface area contributed by atoms with Gasteiger partial charge in [-0.1, -0.05) is 18.2 Å². The third-order valence-corrected chi connectivity index (χ3v) is 5.90. The second-order valence-electron chi connectivity index (χ2n) is 5.88. The molecule has 6 heteroatoms. The standard InChI is InChI=1S/C21H18N2O2S2/c1-24-19-9-7-16(8-10-19)21-23-18(14-27-21)13-26-12-17-11-25-20(22-17)15-5-3-2-4-6-15/h2-11,14H,12-13H2,1H3. The molecule has 0 bridgehead atoms. The first-order valence-electron chi connectivity index (χ1n) is 8.48. The van der Waals surface area contributed by atoms with Crippen molar-refractivity contribution in [2.45, 2.75) is 11.5 Å². The number of aromatic nitrogens is 2. The molecule has 2 aromatic carbocycles. The summed E-state index contributed by atoms with van der Waals surface area (Å²) < 4.78 is 10.8. The van der Waals surface area contributed by atoms with Crippen LogP contribution in [0.4, 0.5) is 0 Å². The monoisotopic (exact) mass is 394 g/mol. The summed E-state index contributed by atoms with van der Waals surface area (Å²) in [6, 6.07) is 17.9. The molecule has 0 saturated carbocycles. The van der Waals surface area contributed by atoms with E-state index in [1.165, 1.54) is 0 Å². The number of benzene rings is 2. The topological polar surface area (TPSA) is 48.2 Å². The molecule has 0 atom stereocenters. The van der Waals surface area contributed by atoms with Gasteiger partial charge in [-0.25, -0.2) is 9.97 Å². The molecule has 27 heavy (non-hydrogen) atoms.